The molecule has 1 heterocycles. The molecule has 3 aromatic rings. The highest BCUT2D eigenvalue weighted by molar-refractivity contribution is 5.90. The third-order valence-corrected chi connectivity index (χ3v) is 7.22. The van der Waals surface area contributed by atoms with E-state index in [0.717, 1.165) is 36.2 Å². The second-order valence-corrected chi connectivity index (χ2v) is 9.98. The first-order valence-electron chi connectivity index (χ1n) is 12.3. The maximum atomic E-state index is 12.9. The minimum Gasteiger partial charge on any atom is -0.508 e. The van der Waals surface area contributed by atoms with Gasteiger partial charge in [-0.1, -0.05) is 66.7 Å². The van der Waals surface area contributed by atoms with Gasteiger partial charge >= 0.3 is 0 Å². The Hall–Kier alpha value is -3.31. The van der Waals surface area contributed by atoms with E-state index in [9.17, 15) is 4.79 Å². The maximum absolute atomic E-state index is 12.9. The zero-order chi connectivity index (χ0) is 25.5. The number of hydrogen-bond donors (Lipinski definition) is 3. The Balaban J connectivity index is 0.000000320. The minimum atomic E-state index is -0.792. The highest BCUT2D eigenvalue weighted by Gasteiger charge is 2.42. The lowest BCUT2D eigenvalue weighted by molar-refractivity contribution is -0.122. The van der Waals surface area contributed by atoms with E-state index in [1.807, 2.05) is 60.7 Å². The van der Waals surface area contributed by atoms with Crippen LogP contribution in [0.1, 0.15) is 56.2 Å². The van der Waals surface area contributed by atoms with Crippen LogP contribution in [0.2, 0.25) is 0 Å². The molecule has 0 saturated carbocycles. The van der Waals surface area contributed by atoms with E-state index in [-0.39, 0.29) is 22.9 Å². The Morgan fingerprint density at radius 2 is 1.37 bits per heavy atom. The van der Waals surface area contributed by atoms with Crippen molar-refractivity contribution >= 4 is 5.91 Å². The molecule has 0 radical (unpaired) electrons. The molecule has 0 unspecified atom stereocenters. The minimum absolute atomic E-state index is 0.0563. The van der Waals surface area contributed by atoms with Gasteiger partial charge in [0.25, 0.3) is 0 Å². The van der Waals surface area contributed by atoms with Gasteiger partial charge in [-0.05, 0) is 82.3 Å². The number of amides is 1. The molecule has 0 aromatic heterocycles. The molecule has 5 nitrogen and oxygen atoms in total. The Bertz CT molecular complexity index is 1050. The first kappa shape index (κ1) is 26.3. The first-order chi connectivity index (χ1) is 16.7. The van der Waals surface area contributed by atoms with Crippen LogP contribution in [0.15, 0.2) is 78.9 Å². The number of nitrogens with zero attached hydrogens (tertiary/aromatic N) is 1. The average molecular weight is 475 g/mol. The molecule has 0 aliphatic carbocycles. The molecule has 3 aromatic carbocycles. The molecule has 0 bridgehead atoms. The van der Waals surface area contributed by atoms with Crippen molar-refractivity contribution in [3.8, 4) is 11.5 Å². The summed E-state index contributed by atoms with van der Waals surface area (Å²) in [5.74, 6) is -0.0415. The summed E-state index contributed by atoms with van der Waals surface area (Å²) < 4.78 is 0. The summed E-state index contributed by atoms with van der Waals surface area (Å²) in [5.41, 5.74) is 8.07. The third-order valence-electron chi connectivity index (χ3n) is 7.22. The predicted molar refractivity (Wildman–Crippen MR) is 141 cm³/mol. The largest absolute Gasteiger partial charge is 0.508 e. The molecule has 5 heteroatoms. The topological polar surface area (TPSA) is 86.8 Å². The van der Waals surface area contributed by atoms with Crippen LogP contribution in [0.4, 0.5) is 0 Å². The summed E-state index contributed by atoms with van der Waals surface area (Å²) in [7, 11) is 0. The Labute approximate surface area is 209 Å². The molecule has 1 aliphatic heterocycles. The second kappa shape index (κ2) is 11.4. The summed E-state index contributed by atoms with van der Waals surface area (Å²) in [6.07, 6.45) is 4.16. The molecule has 1 saturated heterocycles. The third kappa shape index (κ3) is 6.23. The smallest absolute Gasteiger partial charge is 0.232 e. The van der Waals surface area contributed by atoms with E-state index < -0.39 is 5.41 Å². The number of aromatic hydroxyl groups is 2. The van der Waals surface area contributed by atoms with E-state index in [2.05, 4.69) is 18.7 Å². The molecule has 35 heavy (non-hydrogen) atoms. The number of benzene rings is 3. The lowest BCUT2D eigenvalue weighted by Crippen LogP contribution is -2.47. The lowest BCUT2D eigenvalue weighted by atomic mass is 9.69. The predicted octanol–water partition coefficient (Wildman–Crippen LogP) is 5.52. The molecule has 1 fully saturated rings. The van der Waals surface area contributed by atoms with Crippen LogP contribution >= 0.6 is 0 Å². The van der Waals surface area contributed by atoms with Crippen molar-refractivity contribution in [2.75, 3.05) is 13.1 Å². The molecule has 4 N–H and O–H groups in total. The van der Waals surface area contributed by atoms with Crippen molar-refractivity contribution < 1.29 is 15.0 Å². The van der Waals surface area contributed by atoms with Crippen molar-refractivity contribution in [1.82, 2.24) is 4.90 Å². The maximum Gasteiger partial charge on any atom is 0.232 e. The summed E-state index contributed by atoms with van der Waals surface area (Å²) in [6, 6.07) is 24.5. The second-order valence-electron chi connectivity index (χ2n) is 9.98. The normalized spacial score (nSPS) is 14.3. The van der Waals surface area contributed by atoms with Gasteiger partial charge in [0.05, 0.1) is 5.41 Å². The fourth-order valence-electron chi connectivity index (χ4n) is 4.88. The Morgan fingerprint density at radius 3 is 1.80 bits per heavy atom. The van der Waals surface area contributed by atoms with Crippen molar-refractivity contribution in [2.24, 2.45) is 5.73 Å². The van der Waals surface area contributed by atoms with Gasteiger partial charge in [0.15, 0.2) is 0 Å². The number of likely N-dealkylation sites (tertiary alicyclic amines) is 1. The molecule has 4 rings (SSSR count). The number of aryl methyl sites for hydroxylation is 1. The lowest BCUT2D eigenvalue weighted by Gasteiger charge is -2.40. The van der Waals surface area contributed by atoms with E-state index in [1.165, 1.54) is 25.0 Å². The summed E-state index contributed by atoms with van der Waals surface area (Å²) >= 11 is 0. The van der Waals surface area contributed by atoms with Crippen LogP contribution in [0.3, 0.4) is 0 Å². The van der Waals surface area contributed by atoms with Crippen LogP contribution < -0.4 is 5.73 Å². The van der Waals surface area contributed by atoms with Gasteiger partial charge in [0.1, 0.15) is 11.5 Å². The molecule has 186 valence electrons. The van der Waals surface area contributed by atoms with Crippen molar-refractivity contribution in [3.63, 3.8) is 0 Å². The number of carbonyl (C=O) groups excluding carboxylic acids is 1. The van der Waals surface area contributed by atoms with Gasteiger partial charge in [0.2, 0.25) is 5.91 Å². The molecule has 0 atom stereocenters. The van der Waals surface area contributed by atoms with E-state index >= 15 is 0 Å². The number of nitrogens with two attached hydrogens (primary N) is 1. The van der Waals surface area contributed by atoms with Gasteiger partial charge in [-0.3, -0.25) is 9.69 Å². The number of rotatable bonds is 7. The van der Waals surface area contributed by atoms with Crippen LogP contribution in [-0.2, 0) is 10.2 Å². The Morgan fingerprint density at radius 1 is 0.857 bits per heavy atom. The SMILES string of the molecule is CC(C)(CCC(C(N)=O)(c1ccccc1)c1ccccc1)N1CCCC1.Cc1ccc(O)cc1O. The molecular weight excluding hydrogens is 436 g/mol. The van der Waals surface area contributed by atoms with Gasteiger partial charge in [-0.2, -0.15) is 0 Å². The molecule has 1 aliphatic rings. The zero-order valence-corrected chi connectivity index (χ0v) is 21.1. The first-order valence-corrected chi connectivity index (χ1v) is 12.3. The highest BCUT2D eigenvalue weighted by atomic mass is 16.3. The van der Waals surface area contributed by atoms with Crippen molar-refractivity contribution in [2.45, 2.75) is 57.4 Å². The quantitative estimate of drug-likeness (QED) is 0.421. The highest BCUT2D eigenvalue weighted by Crippen LogP contribution is 2.39. The monoisotopic (exact) mass is 474 g/mol. The van der Waals surface area contributed by atoms with Crippen molar-refractivity contribution in [3.05, 3.63) is 95.6 Å². The molecular formula is C30H38N2O3. The fourth-order valence-corrected chi connectivity index (χ4v) is 4.88. The molecule has 0 spiro atoms. The number of carbonyl (C=O) groups is 1. The van der Waals surface area contributed by atoms with Gasteiger partial charge in [-0.25, -0.2) is 0 Å². The van der Waals surface area contributed by atoms with Crippen LogP contribution in [0.25, 0.3) is 0 Å². The Kier molecular flexibility index (Phi) is 8.57. The number of primary amides is 1. The van der Waals surface area contributed by atoms with E-state index in [4.69, 9.17) is 15.9 Å². The summed E-state index contributed by atoms with van der Waals surface area (Å²) in [4.78, 5) is 15.4. The van der Waals surface area contributed by atoms with E-state index in [1.54, 1.807) is 13.0 Å². The van der Waals surface area contributed by atoms with E-state index in [0.29, 0.717) is 6.42 Å². The van der Waals surface area contributed by atoms with Crippen LogP contribution in [0.5, 0.6) is 11.5 Å². The number of phenols is 2. The standard InChI is InChI=1S/C23H30N2O.C7H8O2/c1-22(2,25-17-9-10-18-25)15-16-23(21(24)26,19-11-5-3-6-12-19)20-13-7-4-8-14-20;1-5-2-3-6(8)4-7(5)9/h3-8,11-14H,9-10,15-18H2,1-2H3,(H2,24,26);2-4,8-9H,1H3. The van der Waals surface area contributed by atoms with Gasteiger partial charge in [-0.15, -0.1) is 0 Å². The van der Waals surface area contributed by atoms with Crippen molar-refractivity contribution in [1.29, 1.82) is 0 Å². The van der Waals surface area contributed by atoms with Crippen LogP contribution in [-0.4, -0.2) is 39.6 Å². The van der Waals surface area contributed by atoms with Gasteiger partial charge < -0.3 is 15.9 Å². The van der Waals surface area contributed by atoms with Gasteiger partial charge in [0, 0.05) is 11.6 Å². The van der Waals surface area contributed by atoms with Crippen LogP contribution in [0, 0.1) is 6.92 Å². The summed E-state index contributed by atoms with van der Waals surface area (Å²) in [5, 5.41) is 17.7. The zero-order valence-electron chi connectivity index (χ0n) is 21.1. The fraction of sp³-hybridized carbons (Fsp3) is 0.367. The number of phenolic OH excluding ortho intramolecular Hbond substituents is 2. The molecule has 1 amide bonds. The average Bonchev–Trinajstić information content (AvgIpc) is 3.40. The summed E-state index contributed by atoms with van der Waals surface area (Å²) in [6.45, 7) is 8.65. The number of hydrogen-bond acceptors (Lipinski definition) is 4.